The maximum atomic E-state index is 13.2. The zero-order valence-corrected chi connectivity index (χ0v) is 14.1. The quantitative estimate of drug-likeness (QED) is 0.905. The van der Waals surface area contributed by atoms with Gasteiger partial charge in [0.15, 0.2) is 17.5 Å². The van der Waals surface area contributed by atoms with Crippen molar-refractivity contribution >= 4 is 11.8 Å². The predicted octanol–water partition coefficient (Wildman–Crippen LogP) is 2.38. The monoisotopic (exact) mass is 366 g/mol. The van der Waals surface area contributed by atoms with E-state index in [-0.39, 0.29) is 30.7 Å². The molecular formula is C17H20F2N4O3. The molecule has 0 atom stereocenters. The third kappa shape index (κ3) is 4.16. The van der Waals surface area contributed by atoms with Crippen LogP contribution in [-0.4, -0.2) is 39.9 Å². The van der Waals surface area contributed by atoms with Crippen LogP contribution in [0.5, 0.6) is 5.75 Å². The van der Waals surface area contributed by atoms with Gasteiger partial charge in [0, 0.05) is 46.5 Å². The van der Waals surface area contributed by atoms with Gasteiger partial charge in [-0.25, -0.2) is 18.3 Å². The lowest BCUT2D eigenvalue weighted by Crippen LogP contribution is -2.44. The summed E-state index contributed by atoms with van der Waals surface area (Å²) in [5.41, 5.74) is -0.266. The molecule has 1 saturated heterocycles. The van der Waals surface area contributed by atoms with E-state index in [2.05, 4.69) is 10.4 Å². The van der Waals surface area contributed by atoms with Crippen LogP contribution in [0.15, 0.2) is 35.1 Å². The predicted molar refractivity (Wildman–Crippen MR) is 92.2 cm³/mol. The number of nitrogens with zero attached hydrogens (tertiary/aromatic N) is 3. The molecule has 0 aliphatic carbocycles. The van der Waals surface area contributed by atoms with E-state index in [0.29, 0.717) is 25.9 Å². The lowest BCUT2D eigenvalue weighted by atomic mass is 10.1. The van der Waals surface area contributed by atoms with Crippen LogP contribution in [0.25, 0.3) is 0 Å². The van der Waals surface area contributed by atoms with Gasteiger partial charge >= 0.3 is 6.03 Å². The fraction of sp³-hybridized carbons (Fsp3) is 0.353. The Labute approximate surface area is 149 Å². The first kappa shape index (κ1) is 17.8. The molecule has 0 unspecified atom stereocenters. The van der Waals surface area contributed by atoms with Gasteiger partial charge in [-0.15, -0.1) is 0 Å². The number of anilines is 1. The minimum atomic E-state index is -0.955. The zero-order valence-electron chi connectivity index (χ0n) is 14.1. The molecule has 9 heteroatoms. The number of likely N-dealkylation sites (tertiary alicyclic amines) is 1. The van der Waals surface area contributed by atoms with E-state index in [1.165, 1.54) is 25.2 Å². The van der Waals surface area contributed by atoms with Crippen molar-refractivity contribution in [3.05, 3.63) is 52.3 Å². The van der Waals surface area contributed by atoms with Crippen LogP contribution in [0.2, 0.25) is 0 Å². The van der Waals surface area contributed by atoms with Gasteiger partial charge in [-0.05, 0) is 18.2 Å². The summed E-state index contributed by atoms with van der Waals surface area (Å²) in [5.74, 6) is -1.32. The Morgan fingerprint density at radius 1 is 1.23 bits per heavy atom. The first-order valence-electron chi connectivity index (χ1n) is 8.14. The molecule has 2 heterocycles. The first-order chi connectivity index (χ1) is 12.4. The Balaban J connectivity index is 0.00000261. The van der Waals surface area contributed by atoms with Gasteiger partial charge in [-0.3, -0.25) is 10.1 Å². The normalized spacial score (nSPS) is 15.0. The smallest absolute Gasteiger partial charge is 0.323 e. The Hall–Kier alpha value is -2.97. The molecule has 1 N–H and O–H groups in total. The van der Waals surface area contributed by atoms with Crippen molar-refractivity contribution in [2.75, 3.05) is 18.4 Å². The van der Waals surface area contributed by atoms with Gasteiger partial charge in [-0.1, -0.05) is 0 Å². The molecule has 0 radical (unpaired) electrons. The van der Waals surface area contributed by atoms with E-state index in [0.717, 1.165) is 16.8 Å². The number of aryl methyl sites for hydroxylation is 1. The van der Waals surface area contributed by atoms with Gasteiger partial charge in [0.05, 0.1) is 0 Å². The molecule has 2 aromatic rings. The number of urea groups is 1. The molecule has 1 fully saturated rings. The van der Waals surface area contributed by atoms with Gasteiger partial charge in [-0.2, -0.15) is 5.10 Å². The van der Waals surface area contributed by atoms with Crippen molar-refractivity contribution in [1.82, 2.24) is 14.7 Å². The molecule has 1 aromatic carbocycles. The van der Waals surface area contributed by atoms with Gasteiger partial charge in [0.25, 0.3) is 5.56 Å². The second kappa shape index (κ2) is 7.51. The summed E-state index contributed by atoms with van der Waals surface area (Å²) < 4.78 is 32.9. The number of amides is 2. The summed E-state index contributed by atoms with van der Waals surface area (Å²) in [6, 6.07) is 5.86. The molecule has 26 heavy (non-hydrogen) atoms. The molecule has 1 aliphatic heterocycles. The molecule has 0 spiro atoms. The molecule has 7 nitrogen and oxygen atoms in total. The summed E-state index contributed by atoms with van der Waals surface area (Å²) in [4.78, 5) is 25.2. The van der Waals surface area contributed by atoms with E-state index in [4.69, 9.17) is 4.74 Å². The van der Waals surface area contributed by atoms with Gasteiger partial charge in [0.1, 0.15) is 11.9 Å². The number of benzene rings is 1. The molecular weight excluding hydrogens is 346 g/mol. The summed E-state index contributed by atoms with van der Waals surface area (Å²) in [7, 11) is 1.50. The molecule has 140 valence electrons. The summed E-state index contributed by atoms with van der Waals surface area (Å²) >= 11 is 0. The molecule has 0 saturated carbocycles. The number of rotatable bonds is 3. The minimum absolute atomic E-state index is 0. The van der Waals surface area contributed by atoms with Crippen LogP contribution in [0.1, 0.15) is 14.3 Å². The highest BCUT2D eigenvalue weighted by Crippen LogP contribution is 2.21. The molecule has 0 bridgehead atoms. The average Bonchev–Trinajstić information content (AvgIpc) is 2.62. The SMILES string of the molecule is Cn1nc(NC(=O)N2CCC(Oc3ccc(F)c(F)c3)CC2)ccc1=O.[HH]. The van der Waals surface area contributed by atoms with E-state index >= 15 is 0 Å². The number of piperidine rings is 1. The van der Waals surface area contributed by atoms with Gasteiger partial charge < -0.3 is 9.64 Å². The van der Waals surface area contributed by atoms with Crippen molar-refractivity contribution in [3.63, 3.8) is 0 Å². The number of hydrogen-bond donors (Lipinski definition) is 1. The van der Waals surface area contributed by atoms with Crippen LogP contribution in [-0.2, 0) is 7.05 Å². The van der Waals surface area contributed by atoms with Crippen LogP contribution in [0, 0.1) is 11.6 Å². The second-order valence-electron chi connectivity index (χ2n) is 5.99. The van der Waals surface area contributed by atoms with Crippen LogP contribution < -0.4 is 15.6 Å². The standard InChI is InChI=1S/C17H18F2N4O3.H2/c1-22-16(24)5-4-15(21-22)20-17(25)23-8-6-11(7-9-23)26-12-2-3-13(18)14(19)10-12;/h2-5,10-11H,6-9H2,1H3,(H,20,21,25);1H. The van der Waals surface area contributed by atoms with E-state index in [1.807, 2.05) is 0 Å². The minimum Gasteiger partial charge on any atom is -0.490 e. The highest BCUT2D eigenvalue weighted by atomic mass is 19.2. The number of ether oxygens (including phenoxy) is 1. The van der Waals surface area contributed by atoms with Crippen molar-refractivity contribution in [1.29, 1.82) is 0 Å². The molecule has 2 amide bonds. The van der Waals surface area contributed by atoms with E-state index in [9.17, 15) is 18.4 Å². The van der Waals surface area contributed by atoms with Crippen LogP contribution in [0.4, 0.5) is 19.4 Å². The highest BCUT2D eigenvalue weighted by Gasteiger charge is 2.24. The number of nitrogens with one attached hydrogen (secondary N) is 1. The van der Waals surface area contributed by atoms with E-state index in [1.54, 1.807) is 4.90 Å². The maximum absolute atomic E-state index is 13.2. The lowest BCUT2D eigenvalue weighted by molar-refractivity contribution is 0.115. The van der Waals surface area contributed by atoms with Crippen LogP contribution >= 0.6 is 0 Å². The number of hydrogen-bond acceptors (Lipinski definition) is 4. The fourth-order valence-electron chi connectivity index (χ4n) is 2.68. The lowest BCUT2D eigenvalue weighted by Gasteiger charge is -2.32. The van der Waals surface area contributed by atoms with Crippen molar-refractivity contribution in [2.24, 2.45) is 7.05 Å². The third-order valence-corrected chi connectivity index (χ3v) is 4.12. The van der Waals surface area contributed by atoms with E-state index < -0.39 is 11.6 Å². The molecule has 1 aliphatic rings. The number of aromatic nitrogens is 2. The van der Waals surface area contributed by atoms with Crippen LogP contribution in [0.3, 0.4) is 0 Å². The Morgan fingerprint density at radius 2 is 1.96 bits per heavy atom. The third-order valence-electron chi connectivity index (χ3n) is 4.12. The maximum Gasteiger partial charge on any atom is 0.323 e. The Bertz CT molecular complexity index is 869. The second-order valence-corrected chi connectivity index (χ2v) is 5.99. The average molecular weight is 366 g/mol. The topological polar surface area (TPSA) is 76.5 Å². The zero-order chi connectivity index (χ0) is 18.7. The van der Waals surface area contributed by atoms with Crippen molar-refractivity contribution < 1.29 is 19.7 Å². The Morgan fingerprint density at radius 3 is 2.62 bits per heavy atom. The largest absolute Gasteiger partial charge is 0.490 e. The summed E-state index contributed by atoms with van der Waals surface area (Å²) in [6.45, 7) is 0.901. The number of carbonyl (C=O) groups is 1. The molecule has 3 rings (SSSR count). The number of carbonyl (C=O) groups excluding carboxylic acids is 1. The van der Waals surface area contributed by atoms with Crippen molar-refractivity contribution in [2.45, 2.75) is 18.9 Å². The van der Waals surface area contributed by atoms with Gasteiger partial charge in [0.2, 0.25) is 0 Å². The van der Waals surface area contributed by atoms with Crippen molar-refractivity contribution in [3.8, 4) is 5.75 Å². The summed E-state index contributed by atoms with van der Waals surface area (Å²) in [6.07, 6.45) is 0.944. The Kier molecular flexibility index (Phi) is 5.15. The highest BCUT2D eigenvalue weighted by molar-refractivity contribution is 5.88. The molecule has 1 aromatic heterocycles. The summed E-state index contributed by atoms with van der Waals surface area (Å²) in [5, 5.41) is 6.59. The number of halogens is 2. The fourth-order valence-corrected chi connectivity index (χ4v) is 2.68. The first-order valence-corrected chi connectivity index (χ1v) is 8.14.